The fraction of sp³-hybridized carbons (Fsp3) is 0.389. The number of methoxy groups -OCH3 is 1. The molecule has 1 aliphatic rings. The highest BCUT2D eigenvalue weighted by atomic mass is 16.5. The number of carbonyl (C=O) groups is 1. The summed E-state index contributed by atoms with van der Waals surface area (Å²) in [5.41, 5.74) is 7.31. The molecule has 1 fully saturated rings. The number of piperidine rings is 1. The first-order valence-corrected chi connectivity index (χ1v) is 8.16. The number of likely N-dealkylation sites (tertiary alicyclic amines) is 1. The monoisotopic (exact) mass is 326 g/mol. The lowest BCUT2D eigenvalue weighted by molar-refractivity contribution is 0.0685. The first-order valence-electron chi connectivity index (χ1n) is 8.16. The molecule has 0 radical (unpaired) electrons. The molecule has 0 atom stereocenters. The normalized spacial score (nSPS) is 15.3. The molecule has 1 aliphatic heterocycles. The number of carbonyl (C=O) groups excluding carboxylic acids is 1. The SMILES string of the molecule is COc1ccc(CC2CCN(C(=O)c3nccnc3N)CC2)cc1. The van der Waals surface area contributed by atoms with E-state index in [-0.39, 0.29) is 17.4 Å². The van der Waals surface area contributed by atoms with Crippen LogP contribution in [-0.2, 0) is 6.42 Å². The van der Waals surface area contributed by atoms with Crippen LogP contribution < -0.4 is 10.5 Å². The molecular weight excluding hydrogens is 304 g/mol. The number of aromatic nitrogens is 2. The van der Waals surface area contributed by atoms with Gasteiger partial charge in [0.25, 0.3) is 5.91 Å². The quantitative estimate of drug-likeness (QED) is 0.931. The summed E-state index contributed by atoms with van der Waals surface area (Å²) in [4.78, 5) is 22.3. The summed E-state index contributed by atoms with van der Waals surface area (Å²) in [6, 6.07) is 8.20. The number of benzene rings is 1. The largest absolute Gasteiger partial charge is 0.497 e. The molecule has 0 bridgehead atoms. The maximum Gasteiger partial charge on any atom is 0.276 e. The molecule has 1 saturated heterocycles. The summed E-state index contributed by atoms with van der Waals surface area (Å²) in [6.45, 7) is 1.46. The summed E-state index contributed by atoms with van der Waals surface area (Å²) in [7, 11) is 1.67. The molecule has 24 heavy (non-hydrogen) atoms. The van der Waals surface area contributed by atoms with Crippen LogP contribution in [0.15, 0.2) is 36.7 Å². The topological polar surface area (TPSA) is 81.3 Å². The smallest absolute Gasteiger partial charge is 0.276 e. The predicted molar refractivity (Wildman–Crippen MR) is 91.8 cm³/mol. The van der Waals surface area contributed by atoms with Gasteiger partial charge in [0.05, 0.1) is 7.11 Å². The third kappa shape index (κ3) is 3.64. The van der Waals surface area contributed by atoms with Crippen molar-refractivity contribution in [1.29, 1.82) is 0 Å². The van der Waals surface area contributed by atoms with Crippen molar-refractivity contribution in [1.82, 2.24) is 14.9 Å². The second-order valence-corrected chi connectivity index (χ2v) is 6.08. The first-order chi connectivity index (χ1) is 11.7. The Morgan fingerprint density at radius 1 is 1.21 bits per heavy atom. The lowest BCUT2D eigenvalue weighted by Gasteiger charge is -2.32. The second-order valence-electron chi connectivity index (χ2n) is 6.08. The Kier molecular flexibility index (Phi) is 4.93. The molecule has 1 aromatic carbocycles. The van der Waals surface area contributed by atoms with E-state index in [1.807, 2.05) is 17.0 Å². The zero-order valence-electron chi connectivity index (χ0n) is 13.8. The lowest BCUT2D eigenvalue weighted by atomic mass is 9.90. The fourth-order valence-corrected chi connectivity index (χ4v) is 3.10. The highest BCUT2D eigenvalue weighted by molar-refractivity contribution is 5.96. The van der Waals surface area contributed by atoms with Crippen molar-refractivity contribution in [3.8, 4) is 5.75 Å². The van der Waals surface area contributed by atoms with Crippen LogP contribution in [0.5, 0.6) is 5.75 Å². The van der Waals surface area contributed by atoms with Gasteiger partial charge in [-0.25, -0.2) is 9.97 Å². The number of hydrogen-bond donors (Lipinski definition) is 1. The van der Waals surface area contributed by atoms with Gasteiger partial charge in [-0.15, -0.1) is 0 Å². The molecule has 0 spiro atoms. The second kappa shape index (κ2) is 7.29. The van der Waals surface area contributed by atoms with Crippen molar-refractivity contribution in [3.05, 3.63) is 47.9 Å². The number of anilines is 1. The van der Waals surface area contributed by atoms with E-state index in [4.69, 9.17) is 10.5 Å². The lowest BCUT2D eigenvalue weighted by Crippen LogP contribution is -2.39. The third-order valence-corrected chi connectivity index (χ3v) is 4.51. The van der Waals surface area contributed by atoms with E-state index in [0.717, 1.165) is 38.1 Å². The van der Waals surface area contributed by atoms with Crippen LogP contribution in [-0.4, -0.2) is 41.0 Å². The van der Waals surface area contributed by atoms with E-state index in [1.54, 1.807) is 7.11 Å². The predicted octanol–water partition coefficient (Wildman–Crippen LogP) is 2.16. The van der Waals surface area contributed by atoms with Gasteiger partial charge < -0.3 is 15.4 Å². The van der Waals surface area contributed by atoms with Crippen LogP contribution in [0, 0.1) is 5.92 Å². The number of nitrogens with zero attached hydrogens (tertiary/aromatic N) is 3. The molecule has 2 N–H and O–H groups in total. The van der Waals surface area contributed by atoms with Crippen molar-refractivity contribution < 1.29 is 9.53 Å². The van der Waals surface area contributed by atoms with E-state index in [9.17, 15) is 4.79 Å². The summed E-state index contributed by atoms with van der Waals surface area (Å²) in [5, 5.41) is 0. The van der Waals surface area contributed by atoms with Gasteiger partial charge in [-0.2, -0.15) is 0 Å². The Hall–Kier alpha value is -2.63. The zero-order valence-corrected chi connectivity index (χ0v) is 13.8. The number of rotatable bonds is 4. The average Bonchev–Trinajstić information content (AvgIpc) is 2.63. The molecule has 126 valence electrons. The molecule has 0 saturated carbocycles. The van der Waals surface area contributed by atoms with Gasteiger partial charge in [0, 0.05) is 25.5 Å². The highest BCUT2D eigenvalue weighted by Gasteiger charge is 2.25. The number of ether oxygens (including phenoxy) is 1. The molecular formula is C18H22N4O2. The molecule has 0 unspecified atom stereocenters. The van der Waals surface area contributed by atoms with Gasteiger partial charge >= 0.3 is 0 Å². The minimum Gasteiger partial charge on any atom is -0.497 e. The Balaban J connectivity index is 1.55. The first kappa shape index (κ1) is 16.2. The van der Waals surface area contributed by atoms with Gasteiger partial charge in [-0.1, -0.05) is 12.1 Å². The van der Waals surface area contributed by atoms with Gasteiger partial charge in [0.15, 0.2) is 11.5 Å². The molecule has 2 heterocycles. The van der Waals surface area contributed by atoms with Crippen molar-refractivity contribution in [2.45, 2.75) is 19.3 Å². The molecule has 1 aromatic heterocycles. The van der Waals surface area contributed by atoms with Crippen LogP contribution in [0.3, 0.4) is 0 Å². The Morgan fingerprint density at radius 3 is 2.50 bits per heavy atom. The minimum absolute atomic E-state index is 0.122. The van der Waals surface area contributed by atoms with Crippen LogP contribution in [0.4, 0.5) is 5.82 Å². The van der Waals surface area contributed by atoms with Gasteiger partial charge in [-0.3, -0.25) is 4.79 Å². The van der Waals surface area contributed by atoms with E-state index in [1.165, 1.54) is 18.0 Å². The van der Waals surface area contributed by atoms with Crippen LogP contribution in [0.25, 0.3) is 0 Å². The number of nitrogens with two attached hydrogens (primary N) is 1. The van der Waals surface area contributed by atoms with Gasteiger partial charge in [0.2, 0.25) is 0 Å². The van der Waals surface area contributed by atoms with Crippen molar-refractivity contribution in [3.63, 3.8) is 0 Å². The maximum absolute atomic E-state index is 12.5. The third-order valence-electron chi connectivity index (χ3n) is 4.51. The highest BCUT2D eigenvalue weighted by Crippen LogP contribution is 2.24. The molecule has 1 amide bonds. The number of amides is 1. The average molecular weight is 326 g/mol. The molecule has 6 heteroatoms. The van der Waals surface area contributed by atoms with E-state index >= 15 is 0 Å². The van der Waals surface area contributed by atoms with Crippen LogP contribution >= 0.6 is 0 Å². The summed E-state index contributed by atoms with van der Waals surface area (Å²) in [5.74, 6) is 1.54. The molecule has 6 nitrogen and oxygen atoms in total. The number of nitrogen functional groups attached to an aromatic ring is 1. The molecule has 3 rings (SSSR count). The fourth-order valence-electron chi connectivity index (χ4n) is 3.10. The van der Waals surface area contributed by atoms with Crippen LogP contribution in [0.1, 0.15) is 28.9 Å². The van der Waals surface area contributed by atoms with Crippen molar-refractivity contribution in [2.24, 2.45) is 5.92 Å². The molecule has 0 aliphatic carbocycles. The molecule has 2 aromatic rings. The Morgan fingerprint density at radius 2 is 1.88 bits per heavy atom. The van der Waals surface area contributed by atoms with Gasteiger partial charge in [-0.05, 0) is 42.9 Å². The summed E-state index contributed by atoms with van der Waals surface area (Å²) >= 11 is 0. The standard InChI is InChI=1S/C18H22N4O2/c1-24-15-4-2-13(3-5-15)12-14-6-10-22(11-7-14)18(23)16-17(19)21-9-8-20-16/h2-5,8-9,14H,6-7,10-12H2,1H3,(H2,19,21). The zero-order chi connectivity index (χ0) is 16.9. The van der Waals surface area contributed by atoms with Crippen molar-refractivity contribution in [2.75, 3.05) is 25.9 Å². The summed E-state index contributed by atoms with van der Waals surface area (Å²) in [6.07, 6.45) is 5.99. The van der Waals surface area contributed by atoms with Crippen LogP contribution in [0.2, 0.25) is 0 Å². The maximum atomic E-state index is 12.5. The Bertz CT molecular complexity index is 694. The van der Waals surface area contributed by atoms with Crippen molar-refractivity contribution >= 4 is 11.7 Å². The summed E-state index contributed by atoms with van der Waals surface area (Å²) < 4.78 is 5.19. The van der Waals surface area contributed by atoms with Gasteiger partial charge in [0.1, 0.15) is 5.75 Å². The minimum atomic E-state index is -0.122. The van der Waals surface area contributed by atoms with E-state index in [2.05, 4.69) is 22.1 Å². The Labute approximate surface area is 141 Å². The number of hydrogen-bond acceptors (Lipinski definition) is 5. The van der Waals surface area contributed by atoms with E-state index in [0.29, 0.717) is 5.92 Å². The van der Waals surface area contributed by atoms with E-state index < -0.39 is 0 Å².